The molecule has 0 aromatic heterocycles. The van der Waals surface area contributed by atoms with E-state index in [0.717, 1.165) is 0 Å². The van der Waals surface area contributed by atoms with Crippen LogP contribution < -0.4 is 0 Å². The lowest BCUT2D eigenvalue weighted by Crippen LogP contribution is -2.21. The summed E-state index contributed by atoms with van der Waals surface area (Å²) in [6.07, 6.45) is 1.02. The first-order valence-corrected chi connectivity index (χ1v) is 5.83. The van der Waals surface area contributed by atoms with Gasteiger partial charge in [-0.1, -0.05) is 36.7 Å². The van der Waals surface area contributed by atoms with Crippen LogP contribution in [0.2, 0.25) is 5.02 Å². The Morgan fingerprint density at radius 2 is 2.12 bits per heavy atom. The number of Topliss-reactive ketones (excluding diaryl/α,β-unsaturated/α-hetero) is 1. The smallest absolute Gasteiger partial charge is 0.217 e. The summed E-state index contributed by atoms with van der Waals surface area (Å²) < 4.78 is 0. The summed E-state index contributed by atoms with van der Waals surface area (Å²) in [4.78, 5) is 22.0. The molecular formula is C12H14ClNO3. The van der Waals surface area contributed by atoms with Crippen LogP contribution in [0.15, 0.2) is 24.3 Å². The van der Waals surface area contributed by atoms with E-state index in [4.69, 9.17) is 11.6 Å². The normalized spacial score (nSPS) is 12.1. The Bertz CT molecular complexity index is 420. The quantitative estimate of drug-likeness (QED) is 0.580. The zero-order valence-electron chi connectivity index (χ0n) is 9.56. The zero-order valence-corrected chi connectivity index (χ0v) is 10.3. The number of hydrogen-bond donors (Lipinski definition) is 0. The molecule has 0 fully saturated rings. The topological polar surface area (TPSA) is 60.2 Å². The van der Waals surface area contributed by atoms with Crippen molar-refractivity contribution in [2.45, 2.75) is 25.7 Å². The van der Waals surface area contributed by atoms with Crippen molar-refractivity contribution in [3.05, 3.63) is 45.0 Å². The van der Waals surface area contributed by atoms with Crippen molar-refractivity contribution in [2.75, 3.05) is 6.54 Å². The number of benzene rings is 1. The molecule has 0 bridgehead atoms. The molecule has 0 unspecified atom stereocenters. The second kappa shape index (κ2) is 6.35. The van der Waals surface area contributed by atoms with Crippen molar-refractivity contribution in [2.24, 2.45) is 0 Å². The molecule has 4 nitrogen and oxygen atoms in total. The van der Waals surface area contributed by atoms with Gasteiger partial charge in [0.15, 0.2) is 0 Å². The summed E-state index contributed by atoms with van der Waals surface area (Å²) >= 11 is 5.97. The monoisotopic (exact) mass is 255 g/mol. The van der Waals surface area contributed by atoms with Crippen LogP contribution >= 0.6 is 11.6 Å². The summed E-state index contributed by atoms with van der Waals surface area (Å²) in [5.74, 6) is -0.865. The Morgan fingerprint density at radius 1 is 1.47 bits per heavy atom. The van der Waals surface area contributed by atoms with E-state index in [9.17, 15) is 14.9 Å². The first-order chi connectivity index (χ1) is 8.06. The highest BCUT2D eigenvalue weighted by molar-refractivity contribution is 6.31. The van der Waals surface area contributed by atoms with Gasteiger partial charge in [0.05, 0.1) is 0 Å². The van der Waals surface area contributed by atoms with E-state index in [1.54, 1.807) is 24.3 Å². The molecule has 1 aromatic rings. The lowest BCUT2D eigenvalue weighted by Gasteiger charge is -2.13. The number of hydrogen-bond acceptors (Lipinski definition) is 3. The van der Waals surface area contributed by atoms with E-state index < -0.39 is 17.4 Å². The minimum atomic E-state index is -0.737. The fourth-order valence-corrected chi connectivity index (χ4v) is 1.97. The van der Waals surface area contributed by atoms with E-state index in [0.29, 0.717) is 23.4 Å². The summed E-state index contributed by atoms with van der Waals surface area (Å²) in [5, 5.41) is 11.0. The third-order valence-corrected chi connectivity index (χ3v) is 2.84. The second-order valence-corrected chi connectivity index (χ2v) is 4.21. The molecule has 0 spiro atoms. The molecule has 0 saturated heterocycles. The fraction of sp³-hybridized carbons (Fsp3) is 0.417. The summed E-state index contributed by atoms with van der Waals surface area (Å²) in [7, 11) is 0. The van der Waals surface area contributed by atoms with Gasteiger partial charge >= 0.3 is 0 Å². The number of carbonyl (C=O) groups is 1. The van der Waals surface area contributed by atoms with Crippen molar-refractivity contribution in [1.29, 1.82) is 0 Å². The maximum absolute atomic E-state index is 11.9. The highest BCUT2D eigenvalue weighted by Crippen LogP contribution is 2.26. The molecule has 1 aromatic carbocycles. The van der Waals surface area contributed by atoms with Crippen molar-refractivity contribution in [1.82, 2.24) is 0 Å². The molecule has 1 atom stereocenters. The molecule has 0 heterocycles. The summed E-state index contributed by atoms with van der Waals surface area (Å²) in [5.41, 5.74) is 0.546. The van der Waals surface area contributed by atoms with Gasteiger partial charge in [0, 0.05) is 16.4 Å². The van der Waals surface area contributed by atoms with Gasteiger partial charge in [0.25, 0.3) is 0 Å². The number of nitrogens with zero attached hydrogens (tertiary/aromatic N) is 1. The van der Waals surface area contributed by atoms with Crippen LogP contribution in [0.25, 0.3) is 0 Å². The average molecular weight is 256 g/mol. The van der Waals surface area contributed by atoms with Crippen molar-refractivity contribution in [3.63, 3.8) is 0 Å². The Labute approximate surface area is 105 Å². The highest BCUT2D eigenvalue weighted by atomic mass is 35.5. The number of nitro groups is 1. The molecule has 0 saturated carbocycles. The van der Waals surface area contributed by atoms with Gasteiger partial charge in [-0.05, 0) is 18.1 Å². The molecule has 0 aliphatic rings. The summed E-state index contributed by atoms with van der Waals surface area (Å²) in [6, 6.07) is 6.78. The van der Waals surface area contributed by atoms with Crippen LogP contribution in [0.5, 0.6) is 0 Å². The van der Waals surface area contributed by atoms with Gasteiger partial charge in [-0.3, -0.25) is 14.9 Å². The van der Waals surface area contributed by atoms with Crippen LogP contribution in [0.4, 0.5) is 0 Å². The molecule has 17 heavy (non-hydrogen) atoms. The van der Waals surface area contributed by atoms with Crippen LogP contribution in [0.1, 0.15) is 31.2 Å². The predicted octanol–water partition coefficient (Wildman–Crippen LogP) is 3.07. The maximum Gasteiger partial charge on any atom is 0.217 e. The largest absolute Gasteiger partial charge is 0.299 e. The van der Waals surface area contributed by atoms with Crippen LogP contribution in [-0.4, -0.2) is 17.3 Å². The Morgan fingerprint density at radius 3 is 2.65 bits per heavy atom. The molecule has 0 radical (unpaired) electrons. The van der Waals surface area contributed by atoms with Gasteiger partial charge in [-0.15, -0.1) is 0 Å². The molecular weight excluding hydrogens is 242 g/mol. The summed E-state index contributed by atoms with van der Waals surface area (Å²) in [6.45, 7) is 1.47. The SMILES string of the molecule is CCCC(=O)[C@@H](C[N+](=O)[O-])c1ccccc1Cl. The first kappa shape index (κ1) is 13.6. The maximum atomic E-state index is 11.9. The van der Waals surface area contributed by atoms with Crippen molar-refractivity contribution in [3.8, 4) is 0 Å². The lowest BCUT2D eigenvalue weighted by atomic mass is 9.92. The standard InChI is InChI=1S/C12H14ClNO3/c1-2-5-12(15)10(8-14(16)17)9-6-3-4-7-11(9)13/h3-4,6-7,10H,2,5,8H2,1H3/t10-/m0/s1. The minimum absolute atomic E-state index is 0.127. The van der Waals surface area contributed by atoms with E-state index in [1.165, 1.54) is 0 Å². The molecule has 0 N–H and O–H groups in total. The van der Waals surface area contributed by atoms with E-state index in [-0.39, 0.29) is 5.78 Å². The third kappa shape index (κ3) is 3.82. The molecule has 5 heteroatoms. The van der Waals surface area contributed by atoms with Gasteiger partial charge in [-0.2, -0.15) is 0 Å². The first-order valence-electron chi connectivity index (χ1n) is 5.45. The number of rotatable bonds is 6. The third-order valence-electron chi connectivity index (χ3n) is 2.50. The molecule has 0 aliphatic heterocycles. The van der Waals surface area contributed by atoms with E-state index in [1.807, 2.05) is 6.92 Å². The van der Waals surface area contributed by atoms with E-state index >= 15 is 0 Å². The van der Waals surface area contributed by atoms with Gasteiger partial charge in [-0.25, -0.2) is 0 Å². The second-order valence-electron chi connectivity index (χ2n) is 3.81. The van der Waals surface area contributed by atoms with Gasteiger partial charge in [0.1, 0.15) is 11.7 Å². The number of carbonyl (C=O) groups excluding carboxylic acids is 1. The molecule has 1 rings (SSSR count). The van der Waals surface area contributed by atoms with Gasteiger partial charge < -0.3 is 0 Å². The Kier molecular flexibility index (Phi) is 5.10. The highest BCUT2D eigenvalue weighted by Gasteiger charge is 2.26. The van der Waals surface area contributed by atoms with Crippen LogP contribution in [0, 0.1) is 10.1 Å². The minimum Gasteiger partial charge on any atom is -0.299 e. The Balaban J connectivity index is 3.01. The Hall–Kier alpha value is -1.42. The number of ketones is 1. The molecule has 0 aliphatic carbocycles. The molecule has 92 valence electrons. The van der Waals surface area contributed by atoms with Crippen molar-refractivity contribution >= 4 is 17.4 Å². The van der Waals surface area contributed by atoms with Gasteiger partial charge in [0.2, 0.25) is 6.54 Å². The van der Waals surface area contributed by atoms with Crippen LogP contribution in [0.3, 0.4) is 0 Å². The average Bonchev–Trinajstić information content (AvgIpc) is 2.27. The number of halogens is 1. The fourth-order valence-electron chi connectivity index (χ4n) is 1.70. The predicted molar refractivity (Wildman–Crippen MR) is 66.0 cm³/mol. The molecule has 0 amide bonds. The zero-order chi connectivity index (χ0) is 12.8. The van der Waals surface area contributed by atoms with Crippen LogP contribution in [-0.2, 0) is 4.79 Å². The van der Waals surface area contributed by atoms with Crippen molar-refractivity contribution < 1.29 is 9.72 Å². The lowest BCUT2D eigenvalue weighted by molar-refractivity contribution is -0.481. The van der Waals surface area contributed by atoms with E-state index in [2.05, 4.69) is 0 Å².